The van der Waals surface area contributed by atoms with E-state index in [4.69, 9.17) is 13.1 Å². The molecule has 0 atom stereocenters. The quantitative estimate of drug-likeness (QED) is 0.549. The lowest BCUT2D eigenvalue weighted by molar-refractivity contribution is 0.0947. The number of unbranched alkanes of at least 4 members (excludes halogenated alkanes) is 2. The van der Waals surface area contributed by atoms with Crippen LogP contribution >= 0.6 is 0 Å². The van der Waals surface area contributed by atoms with E-state index in [0.29, 0.717) is 35.6 Å². The molecule has 0 heterocycles. The summed E-state index contributed by atoms with van der Waals surface area (Å²) in [5.41, 5.74) is 1.86. The van der Waals surface area contributed by atoms with Gasteiger partial charge in [0.15, 0.2) is 11.4 Å². The van der Waals surface area contributed by atoms with Crippen LogP contribution in [0.25, 0.3) is 9.69 Å². The first-order chi connectivity index (χ1) is 13.1. The van der Waals surface area contributed by atoms with E-state index in [-0.39, 0.29) is 11.8 Å². The van der Waals surface area contributed by atoms with Crippen molar-refractivity contribution in [2.24, 2.45) is 0 Å². The van der Waals surface area contributed by atoms with Gasteiger partial charge in [-0.2, -0.15) is 0 Å². The minimum Gasteiger partial charge on any atom is -0.352 e. The van der Waals surface area contributed by atoms with Gasteiger partial charge in [-0.1, -0.05) is 36.4 Å². The van der Waals surface area contributed by atoms with Crippen molar-refractivity contribution in [3.8, 4) is 0 Å². The highest BCUT2D eigenvalue weighted by Crippen LogP contribution is 2.14. The highest BCUT2D eigenvalue weighted by Gasteiger charge is 2.06. The van der Waals surface area contributed by atoms with Gasteiger partial charge in [-0.3, -0.25) is 9.59 Å². The van der Waals surface area contributed by atoms with Crippen LogP contribution in [0.2, 0.25) is 0 Å². The Labute approximate surface area is 158 Å². The fourth-order valence-electron chi connectivity index (χ4n) is 2.47. The summed E-state index contributed by atoms with van der Waals surface area (Å²) >= 11 is 0. The second-order valence-corrected chi connectivity index (χ2v) is 5.90. The second kappa shape index (κ2) is 10.4. The summed E-state index contributed by atoms with van der Waals surface area (Å²) < 4.78 is 0. The Balaban J connectivity index is 1.62. The van der Waals surface area contributed by atoms with Crippen LogP contribution in [0.4, 0.5) is 11.4 Å². The van der Waals surface area contributed by atoms with Gasteiger partial charge in [0, 0.05) is 24.2 Å². The molecule has 2 aromatic carbocycles. The lowest BCUT2D eigenvalue weighted by atomic mass is 10.1. The average Bonchev–Trinajstić information content (AvgIpc) is 2.72. The molecule has 2 amide bonds. The van der Waals surface area contributed by atoms with E-state index in [1.54, 1.807) is 48.5 Å². The van der Waals surface area contributed by atoms with Gasteiger partial charge in [-0.05, 0) is 31.4 Å². The van der Waals surface area contributed by atoms with Crippen LogP contribution in [0.15, 0.2) is 48.5 Å². The number of benzene rings is 2. The molecule has 0 radical (unpaired) electrons. The minimum atomic E-state index is -0.187. The van der Waals surface area contributed by atoms with Crippen LogP contribution in [-0.2, 0) is 0 Å². The fraction of sp³-hybridized carbons (Fsp3) is 0.238. The summed E-state index contributed by atoms with van der Waals surface area (Å²) in [6.45, 7) is 15.0. The SMILES string of the molecule is [C-]#[N+]c1cccc(C(=O)NCCCCCNC(=O)c2cccc([N+]#[C-])c2)c1. The average molecular weight is 360 g/mol. The van der Waals surface area contributed by atoms with Crippen LogP contribution in [-0.4, -0.2) is 24.9 Å². The maximum Gasteiger partial charge on any atom is 0.250 e. The third kappa shape index (κ3) is 6.30. The lowest BCUT2D eigenvalue weighted by Gasteiger charge is -2.07. The van der Waals surface area contributed by atoms with Crippen molar-refractivity contribution in [1.29, 1.82) is 0 Å². The molecule has 0 unspecified atom stereocenters. The molecule has 0 aromatic heterocycles. The molecule has 2 aromatic rings. The standard InChI is InChI=1S/C21H20N4O2/c1-22-18-10-6-8-16(14-18)20(26)24-12-4-3-5-13-25-21(27)17-9-7-11-19(15-17)23-2/h6-11,14-15H,3-5,12-13H2,(H,24,26)(H,25,27). The Kier molecular flexibility index (Phi) is 7.56. The van der Waals surface area contributed by atoms with Crippen molar-refractivity contribution in [1.82, 2.24) is 10.6 Å². The third-order valence-electron chi connectivity index (χ3n) is 3.90. The minimum absolute atomic E-state index is 0.187. The van der Waals surface area contributed by atoms with E-state index >= 15 is 0 Å². The molecular weight excluding hydrogens is 340 g/mol. The first kappa shape index (κ1) is 19.7. The summed E-state index contributed by atoms with van der Waals surface area (Å²) in [7, 11) is 0. The molecule has 2 rings (SSSR count). The molecule has 0 saturated heterocycles. The zero-order chi connectivity index (χ0) is 19.5. The predicted molar refractivity (Wildman–Crippen MR) is 104 cm³/mol. The van der Waals surface area contributed by atoms with Crippen LogP contribution in [0.3, 0.4) is 0 Å². The molecule has 6 heteroatoms. The van der Waals surface area contributed by atoms with Gasteiger partial charge in [0.1, 0.15) is 0 Å². The van der Waals surface area contributed by atoms with Crippen molar-refractivity contribution < 1.29 is 9.59 Å². The van der Waals surface area contributed by atoms with Gasteiger partial charge in [0.05, 0.1) is 13.1 Å². The van der Waals surface area contributed by atoms with Crippen molar-refractivity contribution in [3.63, 3.8) is 0 Å². The molecule has 0 fully saturated rings. The van der Waals surface area contributed by atoms with Crippen LogP contribution in [0, 0.1) is 13.1 Å². The van der Waals surface area contributed by atoms with E-state index in [2.05, 4.69) is 20.3 Å². The number of nitrogens with one attached hydrogen (secondary N) is 2. The zero-order valence-electron chi connectivity index (χ0n) is 14.9. The van der Waals surface area contributed by atoms with E-state index in [1.807, 2.05) is 0 Å². The normalized spacial score (nSPS) is 9.70. The Bertz CT molecular complexity index is 820. The maximum absolute atomic E-state index is 12.0. The molecule has 2 N–H and O–H groups in total. The number of hydrogen-bond acceptors (Lipinski definition) is 2. The Hall–Kier alpha value is -3.64. The Morgan fingerprint density at radius 1 is 0.741 bits per heavy atom. The number of carbonyl (C=O) groups excluding carboxylic acids is 2. The van der Waals surface area contributed by atoms with E-state index in [0.717, 1.165) is 19.3 Å². The topological polar surface area (TPSA) is 66.9 Å². The molecule has 0 saturated carbocycles. The molecule has 0 aliphatic carbocycles. The molecule has 27 heavy (non-hydrogen) atoms. The number of carbonyl (C=O) groups is 2. The number of rotatable bonds is 8. The Morgan fingerprint density at radius 2 is 1.19 bits per heavy atom. The first-order valence-electron chi connectivity index (χ1n) is 8.65. The van der Waals surface area contributed by atoms with E-state index in [9.17, 15) is 9.59 Å². The van der Waals surface area contributed by atoms with Gasteiger partial charge < -0.3 is 10.6 Å². The molecule has 0 bridgehead atoms. The van der Waals surface area contributed by atoms with Gasteiger partial charge in [0.2, 0.25) is 11.8 Å². The van der Waals surface area contributed by atoms with Gasteiger partial charge >= 0.3 is 0 Å². The van der Waals surface area contributed by atoms with Crippen LogP contribution in [0.1, 0.15) is 40.0 Å². The summed E-state index contributed by atoms with van der Waals surface area (Å²) in [5, 5.41) is 5.66. The summed E-state index contributed by atoms with van der Waals surface area (Å²) in [4.78, 5) is 30.6. The van der Waals surface area contributed by atoms with Crippen LogP contribution in [0.5, 0.6) is 0 Å². The molecule has 136 valence electrons. The monoisotopic (exact) mass is 360 g/mol. The molecule has 0 spiro atoms. The lowest BCUT2D eigenvalue weighted by Crippen LogP contribution is -2.25. The molecular formula is C21H20N4O2. The largest absolute Gasteiger partial charge is 0.352 e. The van der Waals surface area contributed by atoms with Crippen molar-refractivity contribution in [3.05, 3.63) is 82.5 Å². The maximum atomic E-state index is 12.0. The second-order valence-electron chi connectivity index (χ2n) is 5.90. The number of amides is 2. The summed E-state index contributed by atoms with van der Waals surface area (Å²) in [6, 6.07) is 13.2. The fourth-order valence-corrected chi connectivity index (χ4v) is 2.47. The van der Waals surface area contributed by atoms with E-state index in [1.165, 1.54) is 0 Å². The molecule has 0 aliphatic rings. The Morgan fingerprint density at radius 3 is 1.59 bits per heavy atom. The molecule has 0 aliphatic heterocycles. The molecule has 6 nitrogen and oxygen atoms in total. The van der Waals surface area contributed by atoms with Crippen molar-refractivity contribution in [2.45, 2.75) is 19.3 Å². The third-order valence-corrected chi connectivity index (χ3v) is 3.90. The van der Waals surface area contributed by atoms with Gasteiger partial charge in [-0.25, -0.2) is 9.69 Å². The number of nitrogens with zero attached hydrogens (tertiary/aromatic N) is 2. The van der Waals surface area contributed by atoms with Crippen molar-refractivity contribution >= 4 is 23.2 Å². The summed E-state index contributed by atoms with van der Waals surface area (Å²) in [6.07, 6.45) is 2.47. The van der Waals surface area contributed by atoms with Gasteiger partial charge in [-0.15, -0.1) is 0 Å². The highest BCUT2D eigenvalue weighted by molar-refractivity contribution is 5.95. The van der Waals surface area contributed by atoms with E-state index < -0.39 is 0 Å². The zero-order valence-corrected chi connectivity index (χ0v) is 14.9. The van der Waals surface area contributed by atoms with Crippen LogP contribution < -0.4 is 10.6 Å². The first-order valence-corrected chi connectivity index (χ1v) is 8.65. The predicted octanol–water partition coefficient (Wildman–Crippen LogP) is 4.12. The van der Waals surface area contributed by atoms with Crippen molar-refractivity contribution in [2.75, 3.05) is 13.1 Å². The summed E-state index contributed by atoms with van der Waals surface area (Å²) in [5.74, 6) is -0.373. The highest BCUT2D eigenvalue weighted by atomic mass is 16.2. The van der Waals surface area contributed by atoms with Gasteiger partial charge in [0.25, 0.3) is 0 Å². The smallest absolute Gasteiger partial charge is 0.250 e. The number of hydrogen-bond donors (Lipinski definition) is 2.